The zero-order valence-electron chi connectivity index (χ0n) is 7.20. The number of hydrogen-bond acceptors (Lipinski definition) is 2. The normalized spacial score (nSPS) is 27.9. The van der Waals surface area contributed by atoms with E-state index in [1.54, 1.807) is 0 Å². The Balaban J connectivity index is 2.52. The maximum absolute atomic E-state index is 13.0. The molecule has 0 aliphatic heterocycles. The Morgan fingerprint density at radius 1 is 1.33 bits per heavy atom. The number of hydrogen-bond donors (Lipinski definition) is 1. The monoisotopic (exact) mass is 256 g/mol. The predicted octanol–water partition coefficient (Wildman–Crippen LogP) is 2.72. The Morgan fingerprint density at radius 2 is 1.87 bits per heavy atom. The lowest BCUT2D eigenvalue weighted by Gasteiger charge is -2.12. The largest absolute Gasteiger partial charge is 0.316 e. The van der Waals surface area contributed by atoms with Gasteiger partial charge in [0, 0.05) is 12.0 Å². The highest BCUT2D eigenvalue weighted by molar-refractivity contribution is 6.33. The first-order valence-corrected chi connectivity index (χ1v) is 4.72. The van der Waals surface area contributed by atoms with Crippen LogP contribution in [0.5, 0.6) is 0 Å². The third kappa shape index (κ3) is 1.49. The average molecular weight is 257 g/mol. The van der Waals surface area contributed by atoms with Crippen LogP contribution in [0, 0.1) is 5.82 Å². The zero-order valence-corrected chi connectivity index (χ0v) is 8.71. The number of alkyl halides is 2. The van der Waals surface area contributed by atoms with E-state index in [9.17, 15) is 13.2 Å². The molecule has 0 aromatic carbocycles. The first-order chi connectivity index (χ1) is 6.78. The van der Waals surface area contributed by atoms with E-state index in [1.165, 1.54) is 0 Å². The van der Waals surface area contributed by atoms with Gasteiger partial charge in [0.05, 0.1) is 0 Å². The molecule has 2 rings (SSSR count). The van der Waals surface area contributed by atoms with E-state index >= 15 is 0 Å². The lowest BCUT2D eigenvalue weighted by atomic mass is 10.1. The second kappa shape index (κ2) is 2.99. The van der Waals surface area contributed by atoms with E-state index in [4.69, 9.17) is 28.9 Å². The third-order valence-electron chi connectivity index (χ3n) is 2.40. The molecule has 7 heteroatoms. The van der Waals surface area contributed by atoms with Crippen LogP contribution >= 0.6 is 23.2 Å². The summed E-state index contributed by atoms with van der Waals surface area (Å²) >= 11 is 10.9. The lowest BCUT2D eigenvalue weighted by molar-refractivity contribution is 0.0890. The summed E-state index contributed by atoms with van der Waals surface area (Å²) in [6.45, 7) is 0. The van der Waals surface area contributed by atoms with Crippen LogP contribution in [0.25, 0.3) is 0 Å². The molecule has 1 fully saturated rings. The quantitative estimate of drug-likeness (QED) is 0.785. The number of pyridine rings is 1. The van der Waals surface area contributed by atoms with Gasteiger partial charge in [-0.2, -0.15) is 0 Å². The summed E-state index contributed by atoms with van der Waals surface area (Å²) in [6, 6.07) is 0.804. The molecule has 15 heavy (non-hydrogen) atoms. The highest BCUT2D eigenvalue weighted by atomic mass is 35.5. The molecule has 1 atom stereocenters. The van der Waals surface area contributed by atoms with Gasteiger partial charge in [-0.05, 0) is 6.07 Å². The van der Waals surface area contributed by atoms with Crippen molar-refractivity contribution in [3.05, 3.63) is 27.8 Å². The minimum Gasteiger partial charge on any atom is -0.316 e. The number of halogens is 5. The molecule has 1 aromatic heterocycles. The molecule has 1 aromatic rings. The fraction of sp³-hybridized carbons (Fsp3) is 0.375. The average Bonchev–Trinajstić information content (AvgIpc) is 2.60. The molecule has 1 saturated carbocycles. The third-order valence-corrected chi connectivity index (χ3v) is 2.95. The highest BCUT2D eigenvalue weighted by Crippen LogP contribution is 2.58. The van der Waals surface area contributed by atoms with Crippen molar-refractivity contribution in [2.24, 2.45) is 5.73 Å². The van der Waals surface area contributed by atoms with Gasteiger partial charge >= 0.3 is 0 Å². The summed E-state index contributed by atoms with van der Waals surface area (Å²) in [5.41, 5.74) is 3.26. The van der Waals surface area contributed by atoms with Gasteiger partial charge in [0.1, 0.15) is 10.7 Å². The smallest absolute Gasteiger partial charge is 0.272 e. The molecule has 0 saturated heterocycles. The molecule has 1 unspecified atom stereocenters. The van der Waals surface area contributed by atoms with E-state index in [0.717, 1.165) is 6.07 Å². The van der Waals surface area contributed by atoms with Gasteiger partial charge < -0.3 is 5.73 Å². The Hall–Kier alpha value is -0.520. The Kier molecular flexibility index (Phi) is 2.19. The van der Waals surface area contributed by atoms with Crippen LogP contribution < -0.4 is 5.73 Å². The molecule has 2 N–H and O–H groups in total. The van der Waals surface area contributed by atoms with Crippen LogP contribution in [0.3, 0.4) is 0 Å². The van der Waals surface area contributed by atoms with Crippen molar-refractivity contribution >= 4 is 23.2 Å². The van der Waals surface area contributed by atoms with Crippen LogP contribution in [0.4, 0.5) is 13.2 Å². The van der Waals surface area contributed by atoms with Crippen LogP contribution in [0.2, 0.25) is 10.3 Å². The molecule has 1 aliphatic rings. The van der Waals surface area contributed by atoms with Crippen LogP contribution in [-0.4, -0.2) is 10.9 Å². The molecular formula is C8H5Cl2F3N2. The van der Waals surface area contributed by atoms with Crippen molar-refractivity contribution in [3.8, 4) is 0 Å². The number of nitrogens with two attached hydrogens (primary N) is 1. The lowest BCUT2D eigenvalue weighted by Crippen LogP contribution is -2.28. The maximum atomic E-state index is 13.0. The second-order valence-electron chi connectivity index (χ2n) is 3.45. The molecular weight excluding hydrogens is 252 g/mol. The van der Waals surface area contributed by atoms with E-state index in [-0.39, 0.29) is 10.7 Å². The summed E-state index contributed by atoms with van der Waals surface area (Å²) in [7, 11) is 0. The first kappa shape index (κ1) is 11.0. The van der Waals surface area contributed by atoms with Gasteiger partial charge in [-0.25, -0.2) is 18.2 Å². The summed E-state index contributed by atoms with van der Waals surface area (Å²) in [5, 5.41) is -0.752. The van der Waals surface area contributed by atoms with Crippen molar-refractivity contribution in [2.75, 3.05) is 0 Å². The predicted molar refractivity (Wildman–Crippen MR) is 49.6 cm³/mol. The molecule has 0 radical (unpaired) electrons. The standard InChI is InChI=1S/C8H5Cl2F3N2/c9-5-3(1-4(11)6(10)15-5)7(14)2-8(7,12)13/h1H,2,14H2. The first-order valence-electron chi connectivity index (χ1n) is 3.97. The van der Waals surface area contributed by atoms with Crippen LogP contribution in [0.1, 0.15) is 12.0 Å². The minimum atomic E-state index is -3.07. The minimum absolute atomic E-state index is 0.212. The highest BCUT2D eigenvalue weighted by Gasteiger charge is 2.70. The molecule has 1 heterocycles. The molecule has 0 spiro atoms. The second-order valence-corrected chi connectivity index (χ2v) is 4.17. The topological polar surface area (TPSA) is 38.9 Å². The van der Waals surface area contributed by atoms with Gasteiger partial charge in [0.15, 0.2) is 11.0 Å². The summed E-state index contributed by atoms with van der Waals surface area (Å²) < 4.78 is 38.8. The molecule has 0 bridgehead atoms. The number of nitrogens with zero attached hydrogens (tertiary/aromatic N) is 1. The van der Waals surface area contributed by atoms with Crippen molar-refractivity contribution in [3.63, 3.8) is 0 Å². The maximum Gasteiger partial charge on any atom is 0.272 e. The Morgan fingerprint density at radius 3 is 2.33 bits per heavy atom. The Labute approximate surface area is 93.2 Å². The number of aromatic nitrogens is 1. The van der Waals surface area contributed by atoms with Gasteiger partial charge in [0.25, 0.3) is 5.92 Å². The number of rotatable bonds is 1. The molecule has 2 nitrogen and oxygen atoms in total. The summed E-state index contributed by atoms with van der Waals surface area (Å²) in [6.07, 6.45) is -0.567. The van der Waals surface area contributed by atoms with Crippen molar-refractivity contribution in [1.82, 2.24) is 4.98 Å². The van der Waals surface area contributed by atoms with Crippen LogP contribution in [0.15, 0.2) is 6.07 Å². The van der Waals surface area contributed by atoms with Crippen molar-refractivity contribution < 1.29 is 13.2 Å². The van der Waals surface area contributed by atoms with Crippen molar-refractivity contribution in [2.45, 2.75) is 17.9 Å². The van der Waals surface area contributed by atoms with Gasteiger partial charge in [-0.3, -0.25) is 0 Å². The molecule has 0 amide bonds. The van der Waals surface area contributed by atoms with E-state index in [1.807, 2.05) is 0 Å². The SMILES string of the molecule is NC1(c2cc(F)c(Cl)nc2Cl)CC1(F)F. The molecule has 1 aliphatic carbocycles. The van der Waals surface area contributed by atoms with Crippen LogP contribution in [-0.2, 0) is 5.54 Å². The van der Waals surface area contributed by atoms with Gasteiger partial charge in [0.2, 0.25) is 0 Å². The molecule has 82 valence electrons. The van der Waals surface area contributed by atoms with Gasteiger partial charge in [-0.15, -0.1) is 0 Å². The van der Waals surface area contributed by atoms with E-state index < -0.39 is 28.9 Å². The van der Waals surface area contributed by atoms with Gasteiger partial charge in [-0.1, -0.05) is 23.2 Å². The summed E-state index contributed by atoms with van der Waals surface area (Å²) in [4.78, 5) is 3.39. The fourth-order valence-electron chi connectivity index (χ4n) is 1.36. The Bertz CT molecular complexity index is 438. The summed E-state index contributed by atoms with van der Waals surface area (Å²) in [5.74, 6) is -3.98. The van der Waals surface area contributed by atoms with E-state index in [0.29, 0.717) is 0 Å². The fourth-order valence-corrected chi connectivity index (χ4v) is 1.85. The zero-order chi connectivity index (χ0) is 11.4. The van der Waals surface area contributed by atoms with Crippen molar-refractivity contribution in [1.29, 1.82) is 0 Å². The van der Waals surface area contributed by atoms with E-state index in [2.05, 4.69) is 4.98 Å².